The van der Waals surface area contributed by atoms with Crippen molar-refractivity contribution >= 4 is 41.1 Å². The van der Waals surface area contributed by atoms with Crippen LogP contribution in [0, 0.1) is 5.82 Å². The third kappa shape index (κ3) is 5.08. The number of halogens is 2. The first kappa shape index (κ1) is 25.7. The van der Waals surface area contributed by atoms with Gasteiger partial charge in [0.15, 0.2) is 0 Å². The number of hydrogen-bond acceptors (Lipinski definition) is 6. The summed E-state index contributed by atoms with van der Waals surface area (Å²) in [6.07, 6.45) is 4.74. The standard InChI is InChI=1S/C26H28FN5O3.ClH/c1-2-30-9-11-31(12-10-30)23-14-22-19(13-21(23)27)25(34)20(16-32(22)18-7-8-18)26(35)29-28-15-17-5-3-4-6-24(17)33;/h3-6,13-16,18,33H,2,7-12H2,1H3,(H,29,35);1H/b28-15-;. The summed E-state index contributed by atoms with van der Waals surface area (Å²) in [5, 5.41) is 13.9. The normalized spacial score (nSPS) is 16.3. The molecule has 36 heavy (non-hydrogen) atoms. The number of hydrazone groups is 1. The Morgan fingerprint density at radius 3 is 2.58 bits per heavy atom. The molecule has 0 radical (unpaired) electrons. The number of nitrogens with zero attached hydrogens (tertiary/aromatic N) is 4. The van der Waals surface area contributed by atoms with Crippen LogP contribution < -0.4 is 15.8 Å². The molecule has 2 aromatic carbocycles. The Balaban J connectivity index is 0.00000304. The number of aromatic nitrogens is 1. The fraction of sp³-hybridized carbons (Fsp3) is 0.346. The number of anilines is 1. The maximum Gasteiger partial charge on any atom is 0.276 e. The molecule has 1 aliphatic heterocycles. The van der Waals surface area contributed by atoms with Gasteiger partial charge in [-0.25, -0.2) is 9.82 Å². The zero-order valence-corrected chi connectivity index (χ0v) is 20.8. The minimum absolute atomic E-state index is 0. The second-order valence-corrected chi connectivity index (χ2v) is 9.01. The highest BCUT2D eigenvalue weighted by Crippen LogP contribution is 2.38. The summed E-state index contributed by atoms with van der Waals surface area (Å²) >= 11 is 0. The van der Waals surface area contributed by atoms with Crippen LogP contribution in [-0.2, 0) is 0 Å². The molecule has 0 spiro atoms. The van der Waals surface area contributed by atoms with Crippen molar-refractivity contribution in [3.8, 4) is 5.75 Å². The lowest BCUT2D eigenvalue weighted by Crippen LogP contribution is -2.46. The van der Waals surface area contributed by atoms with E-state index in [1.165, 1.54) is 18.3 Å². The van der Waals surface area contributed by atoms with Gasteiger partial charge in [-0.2, -0.15) is 5.10 Å². The predicted molar refractivity (Wildman–Crippen MR) is 141 cm³/mol. The van der Waals surface area contributed by atoms with Crippen LogP contribution in [0.2, 0.25) is 0 Å². The van der Waals surface area contributed by atoms with E-state index in [0.29, 0.717) is 16.8 Å². The number of phenolic OH excluding ortho intramolecular Hbond substituents is 1. The summed E-state index contributed by atoms with van der Waals surface area (Å²) in [6.45, 7) is 6.26. The van der Waals surface area contributed by atoms with Crippen LogP contribution in [0.4, 0.5) is 10.1 Å². The van der Waals surface area contributed by atoms with E-state index in [9.17, 15) is 14.7 Å². The van der Waals surface area contributed by atoms with E-state index in [1.807, 2.05) is 9.47 Å². The maximum absolute atomic E-state index is 15.2. The van der Waals surface area contributed by atoms with Gasteiger partial charge in [0.25, 0.3) is 5.91 Å². The van der Waals surface area contributed by atoms with Crippen molar-refractivity contribution in [3.05, 3.63) is 69.8 Å². The minimum Gasteiger partial charge on any atom is -0.507 e. The number of pyridine rings is 1. The van der Waals surface area contributed by atoms with Crippen molar-refractivity contribution in [2.45, 2.75) is 25.8 Å². The molecule has 0 bridgehead atoms. The molecule has 0 atom stereocenters. The fourth-order valence-electron chi connectivity index (χ4n) is 4.54. The van der Waals surface area contributed by atoms with Gasteiger partial charge in [-0.15, -0.1) is 12.4 Å². The summed E-state index contributed by atoms with van der Waals surface area (Å²) in [5.74, 6) is -1.12. The Morgan fingerprint density at radius 2 is 1.92 bits per heavy atom. The van der Waals surface area contributed by atoms with Crippen LogP contribution in [0.3, 0.4) is 0 Å². The number of carbonyl (C=O) groups is 1. The molecule has 5 rings (SSSR count). The third-order valence-corrected chi connectivity index (χ3v) is 6.75. The largest absolute Gasteiger partial charge is 0.507 e. The molecule has 1 saturated heterocycles. The summed E-state index contributed by atoms with van der Waals surface area (Å²) in [6, 6.07) is 9.74. The van der Waals surface area contributed by atoms with Crippen LogP contribution in [-0.4, -0.2) is 59.4 Å². The quantitative estimate of drug-likeness (QED) is 0.389. The molecule has 1 aliphatic carbocycles. The van der Waals surface area contributed by atoms with Gasteiger partial charge < -0.3 is 19.5 Å². The molecule has 2 heterocycles. The molecule has 0 unspecified atom stereocenters. The molecule has 3 aromatic rings. The molecule has 2 aliphatic rings. The second-order valence-electron chi connectivity index (χ2n) is 9.01. The number of likely N-dealkylation sites (N-methyl/N-ethyl adjacent to an activating group) is 1. The van der Waals surface area contributed by atoms with Crippen molar-refractivity contribution in [2.75, 3.05) is 37.6 Å². The Kier molecular flexibility index (Phi) is 7.61. The molecule has 8 nitrogen and oxygen atoms in total. The van der Waals surface area contributed by atoms with Crippen LogP contribution in [0.5, 0.6) is 5.75 Å². The smallest absolute Gasteiger partial charge is 0.276 e. The lowest BCUT2D eigenvalue weighted by molar-refractivity contribution is 0.0953. The number of carbonyl (C=O) groups excluding carboxylic acids is 1. The van der Waals surface area contributed by atoms with E-state index in [1.54, 1.807) is 30.5 Å². The summed E-state index contributed by atoms with van der Waals surface area (Å²) in [7, 11) is 0. The van der Waals surface area contributed by atoms with E-state index in [0.717, 1.165) is 45.6 Å². The average molecular weight is 514 g/mol. The Morgan fingerprint density at radius 1 is 1.19 bits per heavy atom. The first-order chi connectivity index (χ1) is 17.0. The molecule has 2 fully saturated rings. The number of amides is 1. The van der Waals surface area contributed by atoms with E-state index >= 15 is 4.39 Å². The van der Waals surface area contributed by atoms with Gasteiger partial charge in [0, 0.05) is 49.4 Å². The Hall–Kier alpha value is -3.43. The number of para-hydroxylation sites is 1. The van der Waals surface area contributed by atoms with Gasteiger partial charge in [0.2, 0.25) is 5.43 Å². The summed E-state index contributed by atoms with van der Waals surface area (Å²) < 4.78 is 17.1. The Bertz CT molecular complexity index is 1360. The lowest BCUT2D eigenvalue weighted by atomic mass is 10.1. The van der Waals surface area contributed by atoms with Crippen LogP contribution in [0.1, 0.15) is 41.7 Å². The SMILES string of the molecule is CCN1CCN(c2cc3c(cc2F)c(=O)c(C(=O)N/N=C\c2ccccc2O)cn3C2CC2)CC1.Cl. The number of piperazine rings is 1. The van der Waals surface area contributed by atoms with Gasteiger partial charge in [-0.3, -0.25) is 9.59 Å². The third-order valence-electron chi connectivity index (χ3n) is 6.75. The number of phenols is 1. The van der Waals surface area contributed by atoms with Crippen LogP contribution >= 0.6 is 12.4 Å². The van der Waals surface area contributed by atoms with Crippen LogP contribution in [0.15, 0.2) is 52.5 Å². The van der Waals surface area contributed by atoms with E-state index in [-0.39, 0.29) is 35.1 Å². The molecule has 1 saturated carbocycles. The number of aromatic hydroxyl groups is 1. The molecule has 10 heteroatoms. The van der Waals surface area contributed by atoms with Crippen molar-refractivity contribution in [3.63, 3.8) is 0 Å². The highest BCUT2D eigenvalue weighted by Gasteiger charge is 2.28. The number of hydrogen-bond donors (Lipinski definition) is 2. The highest BCUT2D eigenvalue weighted by atomic mass is 35.5. The number of fused-ring (bicyclic) bond motifs is 1. The van der Waals surface area contributed by atoms with Gasteiger partial charge in [-0.1, -0.05) is 19.1 Å². The number of rotatable bonds is 6. The Labute approximate surface area is 214 Å². The fourth-order valence-corrected chi connectivity index (χ4v) is 4.54. The van der Waals surface area contributed by atoms with Crippen LogP contribution in [0.25, 0.3) is 10.9 Å². The first-order valence-electron chi connectivity index (χ1n) is 11.9. The summed E-state index contributed by atoms with van der Waals surface area (Å²) in [5.41, 5.74) is 3.28. The monoisotopic (exact) mass is 513 g/mol. The minimum atomic E-state index is -0.682. The lowest BCUT2D eigenvalue weighted by Gasteiger charge is -2.35. The maximum atomic E-state index is 15.2. The molecular weight excluding hydrogens is 485 g/mol. The van der Waals surface area contributed by atoms with Gasteiger partial charge in [0.1, 0.15) is 17.1 Å². The highest BCUT2D eigenvalue weighted by molar-refractivity contribution is 5.98. The predicted octanol–water partition coefficient (Wildman–Crippen LogP) is 3.51. The molecule has 190 valence electrons. The van der Waals surface area contributed by atoms with E-state index in [2.05, 4.69) is 22.4 Å². The topological polar surface area (TPSA) is 90.2 Å². The van der Waals surface area contributed by atoms with E-state index < -0.39 is 17.2 Å². The first-order valence-corrected chi connectivity index (χ1v) is 11.9. The van der Waals surface area contributed by atoms with Gasteiger partial charge in [-0.05, 0) is 43.7 Å². The van der Waals surface area contributed by atoms with Gasteiger partial charge >= 0.3 is 0 Å². The van der Waals surface area contributed by atoms with Crippen molar-refractivity contribution in [1.82, 2.24) is 14.9 Å². The van der Waals surface area contributed by atoms with Crippen molar-refractivity contribution in [2.24, 2.45) is 5.10 Å². The number of benzene rings is 2. The molecular formula is C26H29ClFN5O3. The zero-order valence-electron chi connectivity index (χ0n) is 20.0. The second kappa shape index (κ2) is 10.7. The zero-order chi connectivity index (χ0) is 24.5. The number of nitrogens with one attached hydrogen (secondary N) is 1. The summed E-state index contributed by atoms with van der Waals surface area (Å²) in [4.78, 5) is 30.4. The van der Waals surface area contributed by atoms with Gasteiger partial charge in [0.05, 0.1) is 17.4 Å². The van der Waals surface area contributed by atoms with Crippen molar-refractivity contribution < 1.29 is 14.3 Å². The molecule has 1 aromatic heterocycles. The van der Waals surface area contributed by atoms with Crippen molar-refractivity contribution in [1.29, 1.82) is 0 Å². The van der Waals surface area contributed by atoms with E-state index in [4.69, 9.17) is 0 Å². The molecule has 1 amide bonds. The molecule has 2 N–H and O–H groups in total. The average Bonchev–Trinajstić information content (AvgIpc) is 3.71.